The molecular weight excluding hydrogens is 562 g/mol. The van der Waals surface area contributed by atoms with Crippen molar-refractivity contribution >= 4 is 57.9 Å². The van der Waals surface area contributed by atoms with E-state index < -0.39 is 11.9 Å². The van der Waals surface area contributed by atoms with E-state index in [9.17, 15) is 14.0 Å². The molecule has 3 aromatic rings. The third kappa shape index (κ3) is 5.12. The van der Waals surface area contributed by atoms with Gasteiger partial charge in [-0.05, 0) is 88.3 Å². The van der Waals surface area contributed by atoms with Gasteiger partial charge in [0.25, 0.3) is 5.91 Å². The zero-order valence-electron chi connectivity index (χ0n) is 17.3. The smallest absolute Gasteiger partial charge is 0.333 e. The molecule has 3 amide bonds. The molecule has 168 valence electrons. The third-order valence-electron chi connectivity index (χ3n) is 4.80. The Hall–Kier alpha value is -3.11. The van der Waals surface area contributed by atoms with Gasteiger partial charge in [-0.1, -0.05) is 23.7 Å². The second kappa shape index (κ2) is 9.80. The Morgan fingerprint density at radius 3 is 2.58 bits per heavy atom. The van der Waals surface area contributed by atoms with Crippen LogP contribution in [0, 0.1) is 9.39 Å². The second-order valence-electron chi connectivity index (χ2n) is 7.06. The van der Waals surface area contributed by atoms with Crippen molar-refractivity contribution in [3.8, 4) is 11.5 Å². The first-order valence-corrected chi connectivity index (χ1v) is 11.2. The molecule has 0 bridgehead atoms. The maximum atomic E-state index is 13.4. The zero-order chi connectivity index (χ0) is 23.5. The second-order valence-corrected chi connectivity index (χ2v) is 8.66. The molecule has 1 aliphatic rings. The average Bonchev–Trinajstić information content (AvgIpc) is 3.06. The highest BCUT2D eigenvalue weighted by Crippen LogP contribution is 2.35. The van der Waals surface area contributed by atoms with Gasteiger partial charge in [-0.25, -0.2) is 14.1 Å². The number of imide groups is 1. The number of ether oxygens (including phenoxy) is 2. The van der Waals surface area contributed by atoms with Crippen LogP contribution in [0.5, 0.6) is 11.5 Å². The lowest BCUT2D eigenvalue weighted by molar-refractivity contribution is -0.113. The summed E-state index contributed by atoms with van der Waals surface area (Å²) in [5, 5.41) is 3.10. The van der Waals surface area contributed by atoms with E-state index in [0.717, 1.165) is 8.47 Å². The molecule has 6 nitrogen and oxygen atoms in total. The number of hydrogen-bond donors (Lipinski definition) is 1. The number of carbonyl (C=O) groups excluding carboxylic acids is 2. The van der Waals surface area contributed by atoms with Gasteiger partial charge in [0.1, 0.15) is 18.1 Å². The van der Waals surface area contributed by atoms with Gasteiger partial charge in [0.05, 0.1) is 16.4 Å². The molecule has 9 heteroatoms. The summed E-state index contributed by atoms with van der Waals surface area (Å²) in [4.78, 5) is 26.3. The summed E-state index contributed by atoms with van der Waals surface area (Å²) in [5.74, 6) is 0.115. The van der Waals surface area contributed by atoms with Gasteiger partial charge < -0.3 is 14.8 Å². The molecule has 0 saturated carbocycles. The topological polar surface area (TPSA) is 67.9 Å². The summed E-state index contributed by atoms with van der Waals surface area (Å²) < 4.78 is 25.5. The van der Waals surface area contributed by atoms with E-state index in [0.29, 0.717) is 33.3 Å². The Kier molecular flexibility index (Phi) is 6.85. The predicted octanol–water partition coefficient (Wildman–Crippen LogP) is 5.77. The molecule has 1 saturated heterocycles. The number of urea groups is 1. The molecule has 1 aliphatic heterocycles. The fraction of sp³-hybridized carbons (Fsp3) is 0.0833. The standard InChI is InChI=1S/C24H17ClFIN2O4/c1-32-21-12-15(10-19(27)22(21)33-13-14-3-2-4-17(26)9-14)11-20-23(30)29(24(31)28-20)18-7-5-16(25)6-8-18/h2-12H,13H2,1H3,(H,28,31)/b20-11+. The van der Waals surface area contributed by atoms with Gasteiger partial charge in [-0.2, -0.15) is 0 Å². The van der Waals surface area contributed by atoms with Crippen molar-refractivity contribution in [3.05, 3.63) is 91.9 Å². The molecule has 3 aromatic carbocycles. The summed E-state index contributed by atoms with van der Waals surface area (Å²) in [7, 11) is 1.50. The summed E-state index contributed by atoms with van der Waals surface area (Å²) in [6.07, 6.45) is 1.57. The summed E-state index contributed by atoms with van der Waals surface area (Å²) in [6, 6.07) is 15.5. The van der Waals surface area contributed by atoms with Crippen LogP contribution in [0.25, 0.3) is 6.08 Å². The average molecular weight is 579 g/mol. The van der Waals surface area contributed by atoms with Crippen molar-refractivity contribution in [2.75, 3.05) is 12.0 Å². The number of anilines is 1. The number of hydrogen-bond acceptors (Lipinski definition) is 4. The van der Waals surface area contributed by atoms with Crippen LogP contribution in [0.15, 0.2) is 66.4 Å². The first kappa shape index (κ1) is 23.1. The molecule has 1 fully saturated rings. The van der Waals surface area contributed by atoms with Crippen LogP contribution in [0.4, 0.5) is 14.9 Å². The molecule has 1 heterocycles. The minimum Gasteiger partial charge on any atom is -0.493 e. The molecule has 1 N–H and O–H groups in total. The van der Waals surface area contributed by atoms with Gasteiger partial charge in [-0.3, -0.25) is 4.79 Å². The van der Waals surface area contributed by atoms with Gasteiger partial charge in [0.2, 0.25) is 0 Å². The van der Waals surface area contributed by atoms with Crippen molar-refractivity contribution in [3.63, 3.8) is 0 Å². The monoisotopic (exact) mass is 578 g/mol. The lowest BCUT2D eigenvalue weighted by Crippen LogP contribution is -2.30. The number of nitrogens with zero attached hydrogens (tertiary/aromatic N) is 1. The number of carbonyl (C=O) groups is 2. The van der Waals surface area contributed by atoms with Crippen LogP contribution >= 0.6 is 34.2 Å². The lowest BCUT2D eigenvalue weighted by atomic mass is 10.1. The van der Waals surface area contributed by atoms with E-state index in [2.05, 4.69) is 27.9 Å². The summed E-state index contributed by atoms with van der Waals surface area (Å²) >= 11 is 7.99. The maximum Gasteiger partial charge on any atom is 0.333 e. The van der Waals surface area contributed by atoms with E-state index in [1.54, 1.807) is 54.6 Å². The Morgan fingerprint density at radius 1 is 1.12 bits per heavy atom. The normalized spacial score (nSPS) is 14.5. The van der Waals surface area contributed by atoms with Crippen molar-refractivity contribution in [2.45, 2.75) is 6.61 Å². The van der Waals surface area contributed by atoms with Crippen LogP contribution in [-0.4, -0.2) is 19.0 Å². The van der Waals surface area contributed by atoms with Crippen LogP contribution < -0.4 is 19.7 Å². The number of amides is 3. The SMILES string of the molecule is COc1cc(/C=C2/NC(=O)N(c3ccc(Cl)cc3)C2=O)cc(I)c1OCc1cccc(F)c1. The molecule has 4 rings (SSSR count). The molecule has 33 heavy (non-hydrogen) atoms. The first-order valence-electron chi connectivity index (χ1n) is 9.73. The Morgan fingerprint density at radius 2 is 1.88 bits per heavy atom. The molecule has 0 unspecified atom stereocenters. The van der Waals surface area contributed by atoms with Crippen LogP contribution in [0.1, 0.15) is 11.1 Å². The van der Waals surface area contributed by atoms with Gasteiger partial charge >= 0.3 is 6.03 Å². The largest absolute Gasteiger partial charge is 0.493 e. The van der Waals surface area contributed by atoms with Gasteiger partial charge in [0.15, 0.2) is 11.5 Å². The molecule has 0 aliphatic carbocycles. The zero-order valence-corrected chi connectivity index (χ0v) is 20.2. The summed E-state index contributed by atoms with van der Waals surface area (Å²) in [6.45, 7) is 0.162. The first-order chi connectivity index (χ1) is 15.9. The molecule has 0 atom stereocenters. The van der Waals surface area contributed by atoms with E-state index >= 15 is 0 Å². The van der Waals surface area contributed by atoms with Gasteiger partial charge in [-0.15, -0.1) is 0 Å². The number of rotatable bonds is 6. The molecule has 0 spiro atoms. The highest BCUT2D eigenvalue weighted by Gasteiger charge is 2.34. The molecule has 0 aromatic heterocycles. The van der Waals surface area contributed by atoms with E-state index in [1.807, 2.05) is 0 Å². The third-order valence-corrected chi connectivity index (χ3v) is 5.85. The van der Waals surface area contributed by atoms with E-state index in [1.165, 1.54) is 19.2 Å². The van der Waals surface area contributed by atoms with Crippen LogP contribution in [-0.2, 0) is 11.4 Å². The highest BCUT2D eigenvalue weighted by molar-refractivity contribution is 14.1. The fourth-order valence-electron chi connectivity index (χ4n) is 3.27. The minimum atomic E-state index is -0.551. The number of nitrogens with one attached hydrogen (secondary N) is 1. The minimum absolute atomic E-state index is 0.126. The Labute approximate surface area is 208 Å². The van der Waals surface area contributed by atoms with Crippen molar-refractivity contribution in [1.82, 2.24) is 5.32 Å². The van der Waals surface area contributed by atoms with Crippen molar-refractivity contribution in [1.29, 1.82) is 0 Å². The number of halogens is 3. The molecular formula is C24H17ClFIN2O4. The number of methoxy groups -OCH3 is 1. The molecule has 0 radical (unpaired) electrons. The highest BCUT2D eigenvalue weighted by atomic mass is 127. The number of benzene rings is 3. The lowest BCUT2D eigenvalue weighted by Gasteiger charge is -2.14. The van der Waals surface area contributed by atoms with E-state index in [-0.39, 0.29) is 18.1 Å². The van der Waals surface area contributed by atoms with Crippen LogP contribution in [0.2, 0.25) is 5.02 Å². The maximum absolute atomic E-state index is 13.4. The Bertz CT molecular complexity index is 1260. The van der Waals surface area contributed by atoms with Crippen molar-refractivity contribution < 1.29 is 23.5 Å². The van der Waals surface area contributed by atoms with Crippen molar-refractivity contribution in [2.24, 2.45) is 0 Å². The fourth-order valence-corrected chi connectivity index (χ4v) is 4.18. The van der Waals surface area contributed by atoms with E-state index in [4.69, 9.17) is 21.1 Å². The quantitative estimate of drug-likeness (QED) is 0.229. The Balaban J connectivity index is 1.58. The van der Waals surface area contributed by atoms with Gasteiger partial charge in [0, 0.05) is 5.02 Å². The van der Waals surface area contributed by atoms with Crippen LogP contribution in [0.3, 0.4) is 0 Å². The predicted molar refractivity (Wildman–Crippen MR) is 132 cm³/mol. The summed E-state index contributed by atoms with van der Waals surface area (Å²) in [5.41, 5.74) is 1.86.